The summed E-state index contributed by atoms with van der Waals surface area (Å²) < 4.78 is 5.37. The lowest BCUT2D eigenvalue weighted by molar-refractivity contribution is -0.133. The van der Waals surface area contributed by atoms with Crippen molar-refractivity contribution in [2.75, 3.05) is 26.3 Å². The highest BCUT2D eigenvalue weighted by molar-refractivity contribution is 5.91. The van der Waals surface area contributed by atoms with Gasteiger partial charge in [0, 0.05) is 19.7 Å². The minimum absolute atomic E-state index is 0.00199. The summed E-state index contributed by atoms with van der Waals surface area (Å²) >= 11 is 0. The molecule has 1 amide bonds. The smallest absolute Gasteiger partial charge is 0.288 e. The van der Waals surface area contributed by atoms with Gasteiger partial charge >= 0.3 is 0 Å². The molecule has 2 rings (SSSR count). The Morgan fingerprint density at radius 3 is 3.12 bits per heavy atom. The van der Waals surface area contributed by atoms with Gasteiger partial charge in [-0.15, -0.1) is 0 Å². The first-order valence-electron chi connectivity index (χ1n) is 6.04. The maximum Gasteiger partial charge on any atom is 0.288 e. The molecule has 0 spiro atoms. The largest absolute Gasteiger partial charge is 0.488 e. The molecular formula is C12H19NO3. The molecule has 4 nitrogen and oxygen atoms in total. The van der Waals surface area contributed by atoms with Gasteiger partial charge in [0.05, 0.1) is 6.61 Å². The summed E-state index contributed by atoms with van der Waals surface area (Å²) in [7, 11) is 0. The number of aliphatic hydroxyl groups is 1. The summed E-state index contributed by atoms with van der Waals surface area (Å²) in [6.07, 6.45) is 5.80. The molecular weight excluding hydrogens is 206 g/mol. The molecule has 4 heteroatoms. The van der Waals surface area contributed by atoms with Gasteiger partial charge in [0.25, 0.3) is 5.91 Å². The Labute approximate surface area is 95.9 Å². The van der Waals surface area contributed by atoms with Crippen molar-refractivity contribution in [1.29, 1.82) is 0 Å². The minimum atomic E-state index is -0.00199. The molecule has 0 aliphatic carbocycles. The molecule has 0 aromatic rings. The summed E-state index contributed by atoms with van der Waals surface area (Å²) in [4.78, 5) is 13.9. The van der Waals surface area contributed by atoms with E-state index in [1.807, 2.05) is 11.0 Å². The van der Waals surface area contributed by atoms with Gasteiger partial charge in [-0.2, -0.15) is 0 Å². The third kappa shape index (κ3) is 2.55. The molecule has 0 radical (unpaired) electrons. The molecule has 1 fully saturated rings. The van der Waals surface area contributed by atoms with E-state index in [0.29, 0.717) is 18.9 Å². The summed E-state index contributed by atoms with van der Waals surface area (Å²) in [6.45, 7) is 2.27. The summed E-state index contributed by atoms with van der Waals surface area (Å²) in [5.41, 5.74) is 0. The number of rotatable bonds is 2. The van der Waals surface area contributed by atoms with Crippen molar-refractivity contribution in [2.45, 2.75) is 25.7 Å². The number of hydrogen-bond donors (Lipinski definition) is 1. The summed E-state index contributed by atoms with van der Waals surface area (Å²) in [6, 6.07) is 0. The van der Waals surface area contributed by atoms with Crippen molar-refractivity contribution in [3.05, 3.63) is 11.8 Å². The molecule has 0 aromatic heterocycles. The highest BCUT2D eigenvalue weighted by Gasteiger charge is 2.26. The maximum absolute atomic E-state index is 12.1. The number of likely N-dealkylation sites (tertiary alicyclic amines) is 1. The first-order chi connectivity index (χ1) is 7.81. The van der Waals surface area contributed by atoms with E-state index in [9.17, 15) is 4.79 Å². The number of piperidine rings is 1. The molecule has 0 saturated carbocycles. The predicted octanol–water partition coefficient (Wildman–Crippen LogP) is 0.912. The number of hydrogen-bond acceptors (Lipinski definition) is 3. The average molecular weight is 225 g/mol. The Balaban J connectivity index is 1.95. The number of nitrogens with zero attached hydrogens (tertiary/aromatic N) is 1. The van der Waals surface area contributed by atoms with E-state index < -0.39 is 0 Å². The maximum atomic E-state index is 12.1. The zero-order valence-corrected chi connectivity index (χ0v) is 9.52. The summed E-state index contributed by atoms with van der Waals surface area (Å²) in [5, 5.41) is 9.12. The normalized spacial score (nSPS) is 25.9. The Morgan fingerprint density at radius 1 is 1.56 bits per heavy atom. The lowest BCUT2D eigenvalue weighted by Gasteiger charge is -2.32. The van der Waals surface area contributed by atoms with Crippen molar-refractivity contribution < 1.29 is 14.6 Å². The van der Waals surface area contributed by atoms with Gasteiger partial charge in [-0.1, -0.05) is 0 Å². The second kappa shape index (κ2) is 5.34. The highest BCUT2D eigenvalue weighted by atomic mass is 16.5. The number of ether oxygens (including phenoxy) is 1. The molecule has 1 N–H and O–H groups in total. The second-order valence-electron chi connectivity index (χ2n) is 4.50. The van der Waals surface area contributed by atoms with Crippen LogP contribution in [-0.4, -0.2) is 42.2 Å². The molecule has 2 heterocycles. The molecule has 16 heavy (non-hydrogen) atoms. The molecule has 1 unspecified atom stereocenters. The quantitative estimate of drug-likeness (QED) is 0.760. The Kier molecular flexibility index (Phi) is 3.83. The van der Waals surface area contributed by atoms with Crippen LogP contribution in [0.25, 0.3) is 0 Å². The van der Waals surface area contributed by atoms with Crippen LogP contribution in [0.1, 0.15) is 25.7 Å². The monoisotopic (exact) mass is 225 g/mol. The zero-order valence-electron chi connectivity index (χ0n) is 9.52. The lowest BCUT2D eigenvalue weighted by Crippen LogP contribution is -2.42. The van der Waals surface area contributed by atoms with E-state index >= 15 is 0 Å². The molecule has 2 aliphatic rings. The van der Waals surface area contributed by atoms with Gasteiger partial charge in [0.2, 0.25) is 0 Å². The van der Waals surface area contributed by atoms with Crippen LogP contribution in [0.3, 0.4) is 0 Å². The highest BCUT2D eigenvalue weighted by Crippen LogP contribution is 2.19. The van der Waals surface area contributed by atoms with E-state index in [-0.39, 0.29) is 18.4 Å². The van der Waals surface area contributed by atoms with Crippen LogP contribution in [0.4, 0.5) is 0 Å². The average Bonchev–Trinajstić information content (AvgIpc) is 2.39. The molecule has 0 aromatic carbocycles. The number of amides is 1. The Morgan fingerprint density at radius 2 is 2.44 bits per heavy atom. The van der Waals surface area contributed by atoms with Crippen LogP contribution in [0, 0.1) is 5.92 Å². The van der Waals surface area contributed by atoms with Gasteiger partial charge in [0.1, 0.15) is 0 Å². The van der Waals surface area contributed by atoms with Crippen LogP contribution >= 0.6 is 0 Å². The van der Waals surface area contributed by atoms with Crippen molar-refractivity contribution in [1.82, 2.24) is 4.90 Å². The van der Waals surface area contributed by atoms with Crippen LogP contribution < -0.4 is 0 Å². The third-order valence-corrected chi connectivity index (χ3v) is 3.21. The van der Waals surface area contributed by atoms with Gasteiger partial charge in [-0.25, -0.2) is 0 Å². The third-order valence-electron chi connectivity index (χ3n) is 3.21. The number of carbonyl (C=O) groups is 1. The predicted molar refractivity (Wildman–Crippen MR) is 59.7 cm³/mol. The van der Waals surface area contributed by atoms with E-state index in [1.54, 1.807) is 0 Å². The van der Waals surface area contributed by atoms with E-state index in [2.05, 4.69) is 0 Å². The Hall–Kier alpha value is -1.03. The van der Waals surface area contributed by atoms with Crippen molar-refractivity contribution in [2.24, 2.45) is 5.92 Å². The van der Waals surface area contributed by atoms with Crippen molar-refractivity contribution >= 4 is 5.91 Å². The van der Waals surface area contributed by atoms with E-state index in [4.69, 9.17) is 9.84 Å². The minimum Gasteiger partial charge on any atom is -0.488 e. The topological polar surface area (TPSA) is 49.8 Å². The van der Waals surface area contributed by atoms with Crippen LogP contribution in [0.15, 0.2) is 11.8 Å². The lowest BCUT2D eigenvalue weighted by atomic mass is 9.99. The molecule has 1 atom stereocenters. The van der Waals surface area contributed by atoms with Crippen LogP contribution in [0.5, 0.6) is 0 Å². The first-order valence-corrected chi connectivity index (χ1v) is 6.04. The Bertz CT molecular complexity index is 288. The summed E-state index contributed by atoms with van der Waals surface area (Å²) in [5.74, 6) is 0.740. The second-order valence-corrected chi connectivity index (χ2v) is 4.50. The van der Waals surface area contributed by atoms with Gasteiger partial charge in [-0.05, 0) is 37.7 Å². The first kappa shape index (κ1) is 11.5. The van der Waals surface area contributed by atoms with Gasteiger partial charge in [-0.3, -0.25) is 4.79 Å². The number of carbonyl (C=O) groups excluding carboxylic acids is 1. The van der Waals surface area contributed by atoms with Gasteiger partial charge in [0.15, 0.2) is 5.76 Å². The molecule has 90 valence electrons. The zero-order chi connectivity index (χ0) is 11.4. The van der Waals surface area contributed by atoms with Crippen molar-refractivity contribution in [3.63, 3.8) is 0 Å². The number of aliphatic hydroxyl groups excluding tert-OH is 1. The van der Waals surface area contributed by atoms with Crippen molar-refractivity contribution in [3.8, 4) is 0 Å². The molecule has 2 aliphatic heterocycles. The van der Waals surface area contributed by atoms with E-state index in [0.717, 1.165) is 32.2 Å². The number of allylic oxidation sites excluding steroid dienone is 1. The fraction of sp³-hybridized carbons (Fsp3) is 0.750. The van der Waals surface area contributed by atoms with Crippen LogP contribution in [0.2, 0.25) is 0 Å². The fourth-order valence-electron chi connectivity index (χ4n) is 2.26. The van der Waals surface area contributed by atoms with Crippen LogP contribution in [-0.2, 0) is 9.53 Å². The van der Waals surface area contributed by atoms with E-state index in [1.165, 1.54) is 0 Å². The fourth-order valence-corrected chi connectivity index (χ4v) is 2.26. The molecule has 0 bridgehead atoms. The van der Waals surface area contributed by atoms with Gasteiger partial charge < -0.3 is 14.7 Å². The standard InChI is InChI=1S/C12H19NO3/c14-9-10-4-3-6-13(8-10)12(15)11-5-1-2-7-16-11/h5,10,14H,1-4,6-9H2. The molecule has 1 saturated heterocycles. The SMILES string of the molecule is O=C(C1=CCCCO1)N1CCCC(CO)C1.